The van der Waals surface area contributed by atoms with E-state index in [9.17, 15) is 0 Å². The van der Waals surface area contributed by atoms with E-state index in [1.165, 1.54) is 17.3 Å². The quantitative estimate of drug-likeness (QED) is 0.834. The average Bonchev–Trinajstić information content (AvgIpc) is 2.89. The van der Waals surface area contributed by atoms with Gasteiger partial charge in [-0.1, -0.05) is 13.8 Å². The van der Waals surface area contributed by atoms with Gasteiger partial charge in [0, 0.05) is 23.6 Å². The lowest BCUT2D eigenvalue weighted by Crippen LogP contribution is -2.29. The van der Waals surface area contributed by atoms with E-state index in [2.05, 4.69) is 43.8 Å². The van der Waals surface area contributed by atoms with E-state index in [0.29, 0.717) is 11.9 Å². The second-order valence-corrected chi connectivity index (χ2v) is 7.53. The summed E-state index contributed by atoms with van der Waals surface area (Å²) in [6, 6.07) is 0. The van der Waals surface area contributed by atoms with Crippen molar-refractivity contribution in [3.63, 3.8) is 0 Å². The highest BCUT2D eigenvalue weighted by atomic mass is 35.5. The average molecular weight is 326 g/mol. The minimum atomic E-state index is 0.168. The molecule has 0 N–H and O–H groups in total. The molecule has 0 unspecified atom stereocenters. The molecule has 0 amide bonds. The van der Waals surface area contributed by atoms with E-state index in [-0.39, 0.29) is 10.0 Å². The maximum atomic E-state index is 6.03. The molecule has 3 rings (SSSR count). The van der Waals surface area contributed by atoms with Crippen LogP contribution in [0.4, 0.5) is 5.95 Å². The summed E-state index contributed by atoms with van der Waals surface area (Å²) >= 11 is 8.00. The Morgan fingerprint density at radius 2 is 2.00 bits per heavy atom. The second kappa shape index (κ2) is 5.76. The topological polar surface area (TPSA) is 72.6 Å². The van der Waals surface area contributed by atoms with Gasteiger partial charge >= 0.3 is 0 Å². The zero-order chi connectivity index (χ0) is 14.9. The van der Waals surface area contributed by atoms with Crippen LogP contribution < -0.4 is 4.90 Å². The summed E-state index contributed by atoms with van der Waals surface area (Å²) in [5, 5.41) is 4.20. The van der Waals surface area contributed by atoms with Gasteiger partial charge in [-0.25, -0.2) is 4.98 Å². The first kappa shape index (κ1) is 14.5. The molecule has 0 aromatic carbocycles. The van der Waals surface area contributed by atoms with Crippen LogP contribution in [-0.4, -0.2) is 53.3 Å². The molecule has 0 saturated carbocycles. The van der Waals surface area contributed by atoms with Crippen molar-refractivity contribution in [3.05, 3.63) is 17.9 Å². The van der Waals surface area contributed by atoms with Gasteiger partial charge < -0.3 is 4.90 Å². The monoisotopic (exact) mass is 325 g/mol. The van der Waals surface area contributed by atoms with Crippen LogP contribution in [0.25, 0.3) is 5.95 Å². The molecule has 1 saturated heterocycles. The Bertz CT molecular complexity index is 616. The molecule has 9 heteroatoms. The molecule has 0 radical (unpaired) electrons. The van der Waals surface area contributed by atoms with Gasteiger partial charge in [0.15, 0.2) is 0 Å². The highest BCUT2D eigenvalue weighted by molar-refractivity contribution is 8.00. The van der Waals surface area contributed by atoms with Crippen molar-refractivity contribution in [1.82, 2.24) is 29.7 Å². The van der Waals surface area contributed by atoms with Crippen LogP contribution in [0.1, 0.15) is 20.3 Å². The van der Waals surface area contributed by atoms with E-state index in [4.69, 9.17) is 11.6 Å². The summed E-state index contributed by atoms with van der Waals surface area (Å²) in [7, 11) is 0. The maximum Gasteiger partial charge on any atom is 0.258 e. The number of halogens is 1. The van der Waals surface area contributed by atoms with Gasteiger partial charge in [0.05, 0.1) is 0 Å². The van der Waals surface area contributed by atoms with Gasteiger partial charge in [-0.2, -0.15) is 36.5 Å². The summed E-state index contributed by atoms with van der Waals surface area (Å²) in [5.41, 5.74) is 0. The first-order valence-electron chi connectivity index (χ1n) is 6.69. The number of hydrogen-bond donors (Lipinski definition) is 0. The molecule has 0 aliphatic carbocycles. The lowest BCUT2D eigenvalue weighted by Gasteiger charge is -2.22. The molecule has 1 fully saturated rings. The van der Waals surface area contributed by atoms with Crippen molar-refractivity contribution in [2.24, 2.45) is 0 Å². The molecular weight excluding hydrogens is 310 g/mol. The van der Waals surface area contributed by atoms with Gasteiger partial charge in [-0.15, -0.1) is 0 Å². The fourth-order valence-corrected chi connectivity index (χ4v) is 3.36. The Morgan fingerprint density at radius 3 is 2.76 bits per heavy atom. The van der Waals surface area contributed by atoms with Crippen molar-refractivity contribution in [1.29, 1.82) is 0 Å². The molecule has 112 valence electrons. The Labute approximate surface area is 132 Å². The standard InChI is InChI=1S/C12H16ClN7S/c1-12(2)3-4-19(5-6-21-12)10-16-9(13)17-11(18-10)20-8-14-7-15-20/h7-8H,3-6H2,1-2H3. The van der Waals surface area contributed by atoms with Crippen molar-refractivity contribution in [3.8, 4) is 5.95 Å². The smallest absolute Gasteiger partial charge is 0.258 e. The fourth-order valence-electron chi connectivity index (χ4n) is 2.11. The Balaban J connectivity index is 1.88. The third-order valence-electron chi connectivity index (χ3n) is 3.33. The lowest BCUT2D eigenvalue weighted by atomic mass is 10.1. The van der Waals surface area contributed by atoms with Crippen LogP contribution in [0.15, 0.2) is 12.7 Å². The normalized spacial score (nSPS) is 18.5. The summed E-state index contributed by atoms with van der Waals surface area (Å²) < 4.78 is 1.76. The van der Waals surface area contributed by atoms with E-state index >= 15 is 0 Å². The van der Waals surface area contributed by atoms with Crippen LogP contribution >= 0.6 is 23.4 Å². The first-order chi connectivity index (χ1) is 10.0. The van der Waals surface area contributed by atoms with E-state index in [1.807, 2.05) is 11.8 Å². The molecule has 2 aromatic heterocycles. The number of aromatic nitrogens is 6. The summed E-state index contributed by atoms with van der Waals surface area (Å²) in [6.07, 6.45) is 4.04. The van der Waals surface area contributed by atoms with Gasteiger partial charge in [0.2, 0.25) is 11.2 Å². The highest BCUT2D eigenvalue weighted by Gasteiger charge is 2.25. The van der Waals surface area contributed by atoms with Crippen molar-refractivity contribution < 1.29 is 0 Å². The third kappa shape index (κ3) is 3.44. The lowest BCUT2D eigenvalue weighted by molar-refractivity contribution is 0.629. The number of thioether (sulfide) groups is 1. The number of nitrogens with zero attached hydrogens (tertiary/aromatic N) is 7. The van der Waals surface area contributed by atoms with Gasteiger partial charge in [-0.05, 0) is 18.0 Å². The number of hydrogen-bond acceptors (Lipinski definition) is 7. The summed E-state index contributed by atoms with van der Waals surface area (Å²) in [6.45, 7) is 6.33. The molecule has 1 aliphatic rings. The third-order valence-corrected chi connectivity index (χ3v) is 4.87. The van der Waals surface area contributed by atoms with E-state index in [1.54, 1.807) is 0 Å². The molecule has 1 aliphatic heterocycles. The molecule has 0 bridgehead atoms. The van der Waals surface area contributed by atoms with Crippen LogP contribution in [0, 0.1) is 0 Å². The Morgan fingerprint density at radius 1 is 1.19 bits per heavy atom. The Hall–Kier alpha value is -1.41. The second-order valence-electron chi connectivity index (χ2n) is 5.39. The van der Waals surface area contributed by atoms with Crippen molar-refractivity contribution in [2.45, 2.75) is 25.0 Å². The van der Waals surface area contributed by atoms with E-state index < -0.39 is 0 Å². The number of anilines is 1. The van der Waals surface area contributed by atoms with Crippen molar-refractivity contribution in [2.75, 3.05) is 23.7 Å². The predicted molar refractivity (Wildman–Crippen MR) is 83.1 cm³/mol. The van der Waals surface area contributed by atoms with Gasteiger partial charge in [0.25, 0.3) is 5.95 Å². The van der Waals surface area contributed by atoms with E-state index in [0.717, 1.165) is 25.3 Å². The SMILES string of the molecule is CC1(C)CCN(c2nc(Cl)nc(-n3cncn3)n2)CCS1. The first-order valence-corrected chi connectivity index (χ1v) is 8.05. The number of rotatable bonds is 2. The van der Waals surface area contributed by atoms with Crippen LogP contribution in [0.5, 0.6) is 0 Å². The largest absolute Gasteiger partial charge is 0.340 e. The molecule has 21 heavy (non-hydrogen) atoms. The fraction of sp³-hybridized carbons (Fsp3) is 0.583. The maximum absolute atomic E-state index is 6.03. The zero-order valence-electron chi connectivity index (χ0n) is 11.9. The molecule has 3 heterocycles. The molecule has 7 nitrogen and oxygen atoms in total. The minimum absolute atomic E-state index is 0.168. The minimum Gasteiger partial charge on any atom is -0.340 e. The molecular formula is C12H16ClN7S. The molecule has 0 spiro atoms. The zero-order valence-corrected chi connectivity index (χ0v) is 13.5. The van der Waals surface area contributed by atoms with Gasteiger partial charge in [0.1, 0.15) is 12.7 Å². The predicted octanol–water partition coefficient (Wildman–Crippen LogP) is 1.83. The van der Waals surface area contributed by atoms with Crippen LogP contribution in [-0.2, 0) is 0 Å². The molecule has 2 aromatic rings. The summed E-state index contributed by atoms with van der Waals surface area (Å²) in [5.74, 6) is 2.02. The van der Waals surface area contributed by atoms with Gasteiger partial charge in [-0.3, -0.25) is 0 Å². The highest BCUT2D eigenvalue weighted by Crippen LogP contribution is 2.31. The summed E-state index contributed by atoms with van der Waals surface area (Å²) in [4.78, 5) is 18.9. The van der Waals surface area contributed by atoms with Crippen molar-refractivity contribution >= 4 is 29.3 Å². The van der Waals surface area contributed by atoms with Crippen LogP contribution in [0.3, 0.4) is 0 Å². The molecule has 0 atom stereocenters. The van der Waals surface area contributed by atoms with Crippen LogP contribution in [0.2, 0.25) is 5.28 Å². The Kier molecular flexibility index (Phi) is 3.99.